The van der Waals surface area contributed by atoms with E-state index in [9.17, 15) is 4.79 Å². The van der Waals surface area contributed by atoms with Crippen molar-refractivity contribution in [3.05, 3.63) is 23.8 Å². The number of nitrogens with one attached hydrogen (secondary N) is 1. The molecule has 0 fully saturated rings. The lowest BCUT2D eigenvalue weighted by atomic mass is 10.1. The Balaban J connectivity index is 2.27. The van der Waals surface area contributed by atoms with Crippen molar-refractivity contribution in [3.8, 4) is 0 Å². The van der Waals surface area contributed by atoms with Crippen molar-refractivity contribution in [1.82, 2.24) is 0 Å². The summed E-state index contributed by atoms with van der Waals surface area (Å²) in [6.45, 7) is 6.24. The first-order valence-electron chi connectivity index (χ1n) is 7.80. The van der Waals surface area contributed by atoms with E-state index in [1.807, 2.05) is 26.0 Å². The normalized spacial score (nSPS) is 12.1. The van der Waals surface area contributed by atoms with Crippen LogP contribution in [0.5, 0.6) is 0 Å². The summed E-state index contributed by atoms with van der Waals surface area (Å²) in [5.41, 5.74) is 8.12. The highest BCUT2D eigenvalue weighted by atomic mass is 16.5. The molecule has 0 heterocycles. The molecule has 118 valence electrons. The molecule has 0 aliphatic carbocycles. The number of ether oxygens (including phenoxy) is 1. The van der Waals surface area contributed by atoms with E-state index in [-0.39, 0.29) is 18.6 Å². The summed E-state index contributed by atoms with van der Waals surface area (Å²) < 4.78 is 5.58. The summed E-state index contributed by atoms with van der Waals surface area (Å²) in [6, 6.07) is 5.43. The maximum Gasteiger partial charge on any atom is 0.250 e. The van der Waals surface area contributed by atoms with E-state index in [0.29, 0.717) is 5.69 Å². The Labute approximate surface area is 128 Å². The minimum absolute atomic E-state index is 0.0960. The number of hydrogen-bond donors (Lipinski definition) is 2. The van der Waals surface area contributed by atoms with Crippen molar-refractivity contribution in [1.29, 1.82) is 0 Å². The third-order valence-corrected chi connectivity index (χ3v) is 3.49. The highest BCUT2D eigenvalue weighted by Gasteiger charge is 2.08. The highest BCUT2D eigenvalue weighted by molar-refractivity contribution is 5.92. The molecule has 4 heteroatoms. The second kappa shape index (κ2) is 9.40. The van der Waals surface area contributed by atoms with Gasteiger partial charge in [0.05, 0.1) is 6.10 Å². The van der Waals surface area contributed by atoms with Gasteiger partial charge in [0.15, 0.2) is 0 Å². The first kappa shape index (κ1) is 17.5. The molecule has 1 unspecified atom stereocenters. The molecule has 1 aromatic carbocycles. The van der Waals surface area contributed by atoms with Crippen LogP contribution in [0.2, 0.25) is 0 Å². The van der Waals surface area contributed by atoms with Crippen molar-refractivity contribution < 1.29 is 9.53 Å². The standard InChI is InChI=1S/C17H28N2O2/c1-4-5-6-7-8-14(3)21-12-17(20)19-16-10-9-15(18)11-13(16)2/h9-11,14H,4-8,12,18H2,1-3H3,(H,19,20). The number of nitrogens with two attached hydrogens (primary N) is 1. The fraction of sp³-hybridized carbons (Fsp3) is 0.588. The predicted molar refractivity (Wildman–Crippen MR) is 88.4 cm³/mol. The Morgan fingerprint density at radius 2 is 2.10 bits per heavy atom. The van der Waals surface area contributed by atoms with Crippen molar-refractivity contribution in [2.75, 3.05) is 17.7 Å². The van der Waals surface area contributed by atoms with Gasteiger partial charge in [-0.15, -0.1) is 0 Å². The summed E-state index contributed by atoms with van der Waals surface area (Å²) >= 11 is 0. The molecule has 3 N–H and O–H groups in total. The van der Waals surface area contributed by atoms with Crippen LogP contribution >= 0.6 is 0 Å². The van der Waals surface area contributed by atoms with Gasteiger partial charge in [-0.3, -0.25) is 4.79 Å². The summed E-state index contributed by atoms with van der Waals surface area (Å²) in [7, 11) is 0. The quantitative estimate of drug-likeness (QED) is 0.536. The predicted octanol–water partition coefficient (Wildman–Crippen LogP) is 3.89. The van der Waals surface area contributed by atoms with Crippen LogP contribution in [0.25, 0.3) is 0 Å². The molecular weight excluding hydrogens is 264 g/mol. The topological polar surface area (TPSA) is 64.3 Å². The number of aryl methyl sites for hydroxylation is 1. The van der Waals surface area contributed by atoms with Gasteiger partial charge in [0, 0.05) is 11.4 Å². The van der Waals surface area contributed by atoms with Gasteiger partial charge in [0.25, 0.3) is 0 Å². The van der Waals surface area contributed by atoms with Gasteiger partial charge in [-0.2, -0.15) is 0 Å². The number of carbonyl (C=O) groups is 1. The van der Waals surface area contributed by atoms with E-state index in [0.717, 1.165) is 24.1 Å². The van der Waals surface area contributed by atoms with Crippen molar-refractivity contribution >= 4 is 17.3 Å². The van der Waals surface area contributed by atoms with Gasteiger partial charge in [-0.05, 0) is 44.0 Å². The number of hydrogen-bond acceptors (Lipinski definition) is 3. The number of amides is 1. The van der Waals surface area contributed by atoms with E-state index in [4.69, 9.17) is 10.5 Å². The van der Waals surface area contributed by atoms with Crippen LogP contribution in [-0.2, 0) is 9.53 Å². The molecule has 21 heavy (non-hydrogen) atoms. The zero-order chi connectivity index (χ0) is 15.7. The van der Waals surface area contributed by atoms with Gasteiger partial charge >= 0.3 is 0 Å². The second-order valence-corrected chi connectivity index (χ2v) is 5.59. The summed E-state index contributed by atoms with van der Waals surface area (Å²) in [5.74, 6) is -0.122. The number of unbranched alkanes of at least 4 members (excludes halogenated alkanes) is 3. The lowest BCUT2D eigenvalue weighted by Gasteiger charge is -2.13. The summed E-state index contributed by atoms with van der Waals surface area (Å²) in [4.78, 5) is 11.9. The number of carbonyl (C=O) groups excluding carboxylic acids is 1. The average molecular weight is 292 g/mol. The number of nitrogen functional groups attached to an aromatic ring is 1. The minimum atomic E-state index is -0.122. The molecule has 0 radical (unpaired) electrons. The first-order chi connectivity index (χ1) is 10.0. The highest BCUT2D eigenvalue weighted by Crippen LogP contribution is 2.17. The van der Waals surface area contributed by atoms with Gasteiger partial charge in [0.1, 0.15) is 6.61 Å². The molecule has 0 bridgehead atoms. The van der Waals surface area contributed by atoms with Crippen LogP contribution in [-0.4, -0.2) is 18.6 Å². The van der Waals surface area contributed by atoms with E-state index in [2.05, 4.69) is 12.2 Å². The third-order valence-electron chi connectivity index (χ3n) is 3.49. The second-order valence-electron chi connectivity index (χ2n) is 5.59. The Kier molecular flexibility index (Phi) is 7.83. The van der Waals surface area contributed by atoms with Crippen molar-refractivity contribution in [2.45, 2.75) is 59.0 Å². The molecule has 1 atom stereocenters. The van der Waals surface area contributed by atoms with Crippen LogP contribution in [0.3, 0.4) is 0 Å². The first-order valence-corrected chi connectivity index (χ1v) is 7.80. The summed E-state index contributed by atoms with van der Waals surface area (Å²) in [6.07, 6.45) is 6.03. The number of benzene rings is 1. The number of anilines is 2. The Hall–Kier alpha value is -1.55. The SMILES string of the molecule is CCCCCCC(C)OCC(=O)Nc1ccc(N)cc1C. The zero-order valence-corrected chi connectivity index (χ0v) is 13.4. The molecule has 1 aromatic rings. The van der Waals surface area contributed by atoms with E-state index in [1.165, 1.54) is 19.3 Å². The monoisotopic (exact) mass is 292 g/mol. The lowest BCUT2D eigenvalue weighted by Crippen LogP contribution is -2.22. The van der Waals surface area contributed by atoms with Crippen molar-refractivity contribution in [2.24, 2.45) is 0 Å². The van der Waals surface area contributed by atoms with Crippen LogP contribution in [0, 0.1) is 6.92 Å². The minimum Gasteiger partial charge on any atom is -0.399 e. The van der Waals surface area contributed by atoms with Crippen LogP contribution in [0.1, 0.15) is 51.5 Å². The van der Waals surface area contributed by atoms with E-state index < -0.39 is 0 Å². The molecule has 0 spiro atoms. The van der Waals surface area contributed by atoms with Crippen molar-refractivity contribution in [3.63, 3.8) is 0 Å². The maximum absolute atomic E-state index is 11.9. The van der Waals surface area contributed by atoms with Crippen LogP contribution in [0.15, 0.2) is 18.2 Å². The zero-order valence-electron chi connectivity index (χ0n) is 13.4. The molecule has 1 rings (SSSR count). The van der Waals surface area contributed by atoms with Gasteiger partial charge < -0.3 is 15.8 Å². The molecule has 0 aromatic heterocycles. The molecule has 0 aliphatic heterocycles. The maximum atomic E-state index is 11.9. The summed E-state index contributed by atoms with van der Waals surface area (Å²) in [5, 5.41) is 2.85. The fourth-order valence-electron chi connectivity index (χ4n) is 2.17. The van der Waals surface area contributed by atoms with E-state index >= 15 is 0 Å². The Morgan fingerprint density at radius 1 is 1.33 bits per heavy atom. The van der Waals surface area contributed by atoms with Crippen LogP contribution < -0.4 is 11.1 Å². The molecule has 4 nitrogen and oxygen atoms in total. The van der Waals surface area contributed by atoms with Gasteiger partial charge in [-0.25, -0.2) is 0 Å². The third kappa shape index (κ3) is 7.14. The van der Waals surface area contributed by atoms with Gasteiger partial charge in [0.2, 0.25) is 5.91 Å². The van der Waals surface area contributed by atoms with Gasteiger partial charge in [-0.1, -0.05) is 32.6 Å². The molecule has 0 saturated carbocycles. The average Bonchev–Trinajstić information content (AvgIpc) is 2.44. The van der Waals surface area contributed by atoms with Crippen LogP contribution in [0.4, 0.5) is 11.4 Å². The van der Waals surface area contributed by atoms with E-state index in [1.54, 1.807) is 6.07 Å². The Morgan fingerprint density at radius 3 is 2.76 bits per heavy atom. The molecule has 0 aliphatic rings. The molecule has 0 saturated heterocycles. The smallest absolute Gasteiger partial charge is 0.250 e. The lowest BCUT2D eigenvalue weighted by molar-refractivity contribution is -0.122. The molecular formula is C17H28N2O2. The Bertz CT molecular complexity index is 446. The molecule has 1 amide bonds. The largest absolute Gasteiger partial charge is 0.399 e. The fourth-order valence-corrected chi connectivity index (χ4v) is 2.17. The number of rotatable bonds is 9.